The van der Waals surface area contributed by atoms with Crippen LogP contribution in [0.2, 0.25) is 0 Å². The van der Waals surface area contributed by atoms with E-state index in [0.29, 0.717) is 23.1 Å². The number of benzene rings is 2. The number of hydrogen-bond acceptors (Lipinski definition) is 7. The monoisotopic (exact) mass is 450 g/mol. The van der Waals surface area contributed by atoms with Crippen LogP contribution in [0.25, 0.3) is 10.2 Å². The minimum atomic E-state index is -3.97. The average Bonchev–Trinajstić information content (AvgIpc) is 3.34. The van der Waals surface area contributed by atoms with Crippen molar-refractivity contribution in [2.45, 2.75) is 23.8 Å². The van der Waals surface area contributed by atoms with Crippen molar-refractivity contribution in [3.8, 4) is 0 Å². The zero-order chi connectivity index (χ0) is 21.5. The van der Waals surface area contributed by atoms with E-state index >= 15 is 0 Å². The van der Waals surface area contributed by atoms with E-state index in [9.17, 15) is 27.7 Å². The van der Waals surface area contributed by atoms with Crippen LogP contribution < -0.4 is 5.32 Å². The van der Waals surface area contributed by atoms with Gasteiger partial charge in [0, 0.05) is 18.7 Å². The fourth-order valence-corrected chi connectivity index (χ4v) is 5.81. The second kappa shape index (κ2) is 7.70. The molecular formula is C18H15FN4O5S2. The topological polar surface area (TPSA) is 123 Å². The number of aromatic nitrogens is 1. The van der Waals surface area contributed by atoms with Gasteiger partial charge in [-0.2, -0.15) is 4.31 Å². The lowest BCUT2D eigenvalue weighted by atomic mass is 10.2. The highest BCUT2D eigenvalue weighted by Crippen LogP contribution is 2.31. The van der Waals surface area contributed by atoms with Crippen LogP contribution in [0, 0.1) is 15.9 Å². The van der Waals surface area contributed by atoms with E-state index in [1.54, 1.807) is 6.07 Å². The average molecular weight is 450 g/mol. The van der Waals surface area contributed by atoms with Crippen LogP contribution in [0.15, 0.2) is 47.4 Å². The molecule has 3 aromatic rings. The number of halogens is 1. The summed E-state index contributed by atoms with van der Waals surface area (Å²) in [5.74, 6) is -1.09. The third-order valence-corrected chi connectivity index (χ3v) is 7.61. The van der Waals surface area contributed by atoms with Crippen LogP contribution in [0.3, 0.4) is 0 Å². The molecule has 9 nitrogen and oxygen atoms in total. The molecule has 2 aromatic carbocycles. The molecule has 156 valence electrons. The molecule has 0 spiro atoms. The number of thiazole rings is 1. The Labute approximate surface area is 174 Å². The molecule has 1 aliphatic rings. The number of nitro groups is 1. The molecular weight excluding hydrogens is 435 g/mol. The molecule has 0 radical (unpaired) electrons. The summed E-state index contributed by atoms with van der Waals surface area (Å²) in [5, 5.41) is 13.7. The van der Waals surface area contributed by atoms with E-state index in [-0.39, 0.29) is 22.3 Å². The molecule has 4 rings (SSSR count). The maximum Gasteiger partial charge on any atom is 0.271 e. The molecule has 1 fully saturated rings. The highest BCUT2D eigenvalue weighted by Gasteiger charge is 2.39. The van der Waals surface area contributed by atoms with Crippen molar-refractivity contribution in [2.24, 2.45) is 0 Å². The van der Waals surface area contributed by atoms with Gasteiger partial charge in [0.15, 0.2) is 5.13 Å². The highest BCUT2D eigenvalue weighted by atomic mass is 32.2. The van der Waals surface area contributed by atoms with Crippen LogP contribution in [0.4, 0.5) is 15.2 Å². The van der Waals surface area contributed by atoms with Gasteiger partial charge in [-0.05, 0) is 43.2 Å². The summed E-state index contributed by atoms with van der Waals surface area (Å²) in [5.41, 5.74) is 0.254. The van der Waals surface area contributed by atoms with E-state index in [4.69, 9.17) is 0 Å². The molecule has 12 heteroatoms. The zero-order valence-electron chi connectivity index (χ0n) is 15.3. The van der Waals surface area contributed by atoms with Crippen LogP contribution in [0.1, 0.15) is 12.8 Å². The Morgan fingerprint density at radius 2 is 2.00 bits per heavy atom. The lowest BCUT2D eigenvalue weighted by Gasteiger charge is -2.23. The summed E-state index contributed by atoms with van der Waals surface area (Å²) < 4.78 is 40.7. The number of nitro benzene ring substituents is 1. The van der Waals surface area contributed by atoms with Crippen LogP contribution in [-0.4, -0.2) is 41.1 Å². The van der Waals surface area contributed by atoms with Crippen molar-refractivity contribution in [1.82, 2.24) is 9.29 Å². The van der Waals surface area contributed by atoms with Gasteiger partial charge in [-0.15, -0.1) is 0 Å². The van der Waals surface area contributed by atoms with Crippen LogP contribution in [-0.2, 0) is 14.8 Å². The Morgan fingerprint density at radius 1 is 1.27 bits per heavy atom. The smallest absolute Gasteiger partial charge is 0.271 e. The van der Waals surface area contributed by atoms with Gasteiger partial charge in [0.25, 0.3) is 5.69 Å². The molecule has 1 unspecified atom stereocenters. The van der Waals surface area contributed by atoms with Gasteiger partial charge in [0.2, 0.25) is 15.9 Å². The number of fused-ring (bicyclic) bond motifs is 1. The molecule has 2 heterocycles. The van der Waals surface area contributed by atoms with Crippen molar-refractivity contribution in [3.05, 3.63) is 58.4 Å². The molecule has 1 amide bonds. The molecule has 1 aliphatic heterocycles. The Morgan fingerprint density at radius 3 is 2.70 bits per heavy atom. The zero-order valence-corrected chi connectivity index (χ0v) is 17.0. The predicted molar refractivity (Wildman–Crippen MR) is 108 cm³/mol. The first-order valence-corrected chi connectivity index (χ1v) is 11.1. The lowest BCUT2D eigenvalue weighted by Crippen LogP contribution is -2.43. The van der Waals surface area contributed by atoms with E-state index in [1.807, 2.05) is 0 Å². The molecule has 1 aromatic heterocycles. The summed E-state index contributed by atoms with van der Waals surface area (Å²) in [7, 11) is -3.97. The standard InChI is InChI=1S/C18H15FN4O5S2/c19-11-3-6-13(7-4-11)30(27,28)22-9-1-2-15(22)17(24)21-18-20-14-10-12(23(25)26)5-8-16(14)29-18/h3-8,10,15H,1-2,9H2,(H,20,21,24). The van der Waals surface area contributed by atoms with Gasteiger partial charge >= 0.3 is 0 Å². The van der Waals surface area contributed by atoms with E-state index in [2.05, 4.69) is 10.3 Å². The molecule has 30 heavy (non-hydrogen) atoms. The van der Waals surface area contributed by atoms with Gasteiger partial charge in [0.05, 0.1) is 20.0 Å². The SMILES string of the molecule is O=C(Nc1nc2cc([N+](=O)[O-])ccc2s1)C1CCCN1S(=O)(=O)c1ccc(F)cc1. The van der Waals surface area contributed by atoms with Crippen molar-refractivity contribution in [2.75, 3.05) is 11.9 Å². The van der Waals surface area contributed by atoms with Crippen molar-refractivity contribution < 1.29 is 22.5 Å². The number of nitrogens with zero attached hydrogens (tertiary/aromatic N) is 3. The number of anilines is 1. The number of sulfonamides is 1. The minimum Gasteiger partial charge on any atom is -0.301 e. The summed E-state index contributed by atoms with van der Waals surface area (Å²) >= 11 is 1.14. The van der Waals surface area contributed by atoms with Crippen molar-refractivity contribution in [1.29, 1.82) is 0 Å². The summed E-state index contributed by atoms with van der Waals surface area (Å²) in [6.45, 7) is 0.170. The molecule has 1 saturated heterocycles. The third kappa shape index (κ3) is 3.76. The van der Waals surface area contributed by atoms with Gasteiger partial charge < -0.3 is 5.32 Å². The largest absolute Gasteiger partial charge is 0.301 e. The predicted octanol–water partition coefficient (Wildman–Crippen LogP) is 3.14. The fraction of sp³-hybridized carbons (Fsp3) is 0.222. The normalized spacial score (nSPS) is 17.3. The maximum atomic E-state index is 13.1. The van der Waals surface area contributed by atoms with E-state index in [1.165, 1.54) is 24.3 Å². The summed E-state index contributed by atoms with van der Waals surface area (Å²) in [4.78, 5) is 27.3. The summed E-state index contributed by atoms with van der Waals surface area (Å²) in [6.07, 6.45) is 0.840. The van der Waals surface area contributed by atoms with Gasteiger partial charge in [-0.3, -0.25) is 14.9 Å². The second-order valence-electron chi connectivity index (χ2n) is 6.65. The Bertz CT molecular complexity index is 1240. The van der Waals surface area contributed by atoms with Gasteiger partial charge in [-0.25, -0.2) is 17.8 Å². The molecule has 0 aliphatic carbocycles. The maximum absolute atomic E-state index is 13.1. The van der Waals surface area contributed by atoms with Gasteiger partial charge in [-0.1, -0.05) is 11.3 Å². The first-order chi connectivity index (χ1) is 14.3. The van der Waals surface area contributed by atoms with E-state index < -0.39 is 32.7 Å². The Kier molecular flexibility index (Phi) is 5.22. The number of nitrogens with one attached hydrogen (secondary N) is 1. The number of hydrogen-bond donors (Lipinski definition) is 1. The number of rotatable bonds is 5. The highest BCUT2D eigenvalue weighted by molar-refractivity contribution is 7.89. The Balaban J connectivity index is 1.56. The first-order valence-electron chi connectivity index (χ1n) is 8.89. The van der Waals surface area contributed by atoms with Crippen LogP contribution >= 0.6 is 11.3 Å². The number of carbonyl (C=O) groups excluding carboxylic acids is 1. The minimum absolute atomic E-state index is 0.0871. The number of amides is 1. The van der Waals surface area contributed by atoms with Crippen LogP contribution in [0.5, 0.6) is 0 Å². The first kappa shape index (κ1) is 20.3. The second-order valence-corrected chi connectivity index (χ2v) is 9.57. The van der Waals surface area contributed by atoms with Gasteiger partial charge in [0.1, 0.15) is 11.9 Å². The van der Waals surface area contributed by atoms with Crippen molar-refractivity contribution >= 4 is 48.3 Å². The van der Waals surface area contributed by atoms with E-state index in [0.717, 1.165) is 27.8 Å². The molecule has 1 atom stereocenters. The molecule has 0 saturated carbocycles. The molecule has 1 N–H and O–H groups in total. The summed E-state index contributed by atoms with van der Waals surface area (Å²) in [6, 6.07) is 7.71. The quantitative estimate of drug-likeness (QED) is 0.471. The Hall–Kier alpha value is -2.96. The van der Waals surface area contributed by atoms with Crippen molar-refractivity contribution in [3.63, 3.8) is 0 Å². The fourth-order valence-electron chi connectivity index (χ4n) is 3.30. The number of carbonyl (C=O) groups is 1. The third-order valence-electron chi connectivity index (χ3n) is 4.74. The molecule has 0 bridgehead atoms. The number of non-ortho nitro benzene ring substituents is 1. The lowest BCUT2D eigenvalue weighted by molar-refractivity contribution is -0.384.